The van der Waals surface area contributed by atoms with Crippen molar-refractivity contribution in [3.05, 3.63) is 78.9 Å². The first-order chi connectivity index (χ1) is 18.5. The smallest absolute Gasteiger partial charge is 0.238 e. The fraction of sp³-hybridized carbons (Fsp3) is 0.233. The van der Waals surface area contributed by atoms with E-state index in [0.29, 0.717) is 12.5 Å². The molecular formula is C30H33N5O3. The number of rotatable bonds is 11. The molecule has 0 saturated heterocycles. The molecule has 0 atom stereocenters. The number of likely N-dealkylation sites (N-methyl/N-ethyl adjacent to an activating group) is 1. The Morgan fingerprint density at radius 2 is 1.21 bits per heavy atom. The van der Waals surface area contributed by atoms with Crippen molar-refractivity contribution < 1.29 is 14.3 Å². The summed E-state index contributed by atoms with van der Waals surface area (Å²) in [6.45, 7) is 6.13. The van der Waals surface area contributed by atoms with E-state index in [1.807, 2.05) is 92.7 Å². The van der Waals surface area contributed by atoms with Crippen molar-refractivity contribution in [2.45, 2.75) is 13.8 Å². The van der Waals surface area contributed by atoms with E-state index in [9.17, 15) is 4.79 Å². The first-order valence-corrected chi connectivity index (χ1v) is 12.6. The number of nitrogens with zero attached hydrogens (tertiary/aromatic N) is 3. The topological polar surface area (TPSA) is 88.6 Å². The molecule has 0 aliphatic carbocycles. The lowest BCUT2D eigenvalue weighted by molar-refractivity contribution is -0.117. The first-order valence-electron chi connectivity index (χ1n) is 12.6. The number of benzene rings is 3. The second-order valence-electron chi connectivity index (χ2n) is 8.63. The van der Waals surface area contributed by atoms with Gasteiger partial charge in [-0.15, -0.1) is 0 Å². The summed E-state index contributed by atoms with van der Waals surface area (Å²) >= 11 is 0. The highest BCUT2D eigenvalue weighted by Crippen LogP contribution is 2.29. The molecule has 0 aliphatic rings. The molecular weight excluding hydrogens is 478 g/mol. The molecule has 3 aromatic carbocycles. The number of methoxy groups -OCH3 is 2. The SMILES string of the molecule is CCN(CC)CC(=O)Nc1ccc(Nc2nc(-c3ccc(OC)cc3)cc(-c3ccc(OC)cc3)n2)cc1. The monoisotopic (exact) mass is 511 g/mol. The lowest BCUT2D eigenvalue weighted by Gasteiger charge is -2.17. The Morgan fingerprint density at radius 1 is 0.737 bits per heavy atom. The number of amides is 1. The molecule has 0 spiro atoms. The lowest BCUT2D eigenvalue weighted by atomic mass is 10.1. The Bertz CT molecular complexity index is 1270. The normalized spacial score (nSPS) is 10.8. The molecule has 1 heterocycles. The molecule has 0 radical (unpaired) electrons. The van der Waals surface area contributed by atoms with E-state index in [0.717, 1.165) is 58.5 Å². The summed E-state index contributed by atoms with van der Waals surface area (Å²) in [6.07, 6.45) is 0. The zero-order valence-corrected chi connectivity index (χ0v) is 22.2. The summed E-state index contributed by atoms with van der Waals surface area (Å²) in [4.78, 5) is 24.0. The van der Waals surface area contributed by atoms with Gasteiger partial charge in [0.2, 0.25) is 11.9 Å². The van der Waals surface area contributed by atoms with Crippen LogP contribution in [0.15, 0.2) is 78.9 Å². The lowest BCUT2D eigenvalue weighted by Crippen LogP contribution is -2.32. The van der Waals surface area contributed by atoms with Gasteiger partial charge in [0.15, 0.2) is 0 Å². The van der Waals surface area contributed by atoms with Crippen LogP contribution in [0, 0.1) is 0 Å². The number of hydrogen-bond acceptors (Lipinski definition) is 7. The minimum Gasteiger partial charge on any atom is -0.497 e. The van der Waals surface area contributed by atoms with Crippen LogP contribution in [-0.4, -0.2) is 54.6 Å². The molecule has 2 N–H and O–H groups in total. The summed E-state index contributed by atoms with van der Waals surface area (Å²) in [5, 5.41) is 6.26. The Kier molecular flexibility index (Phi) is 8.89. The molecule has 0 bridgehead atoms. The van der Waals surface area contributed by atoms with Gasteiger partial charge in [0.05, 0.1) is 32.2 Å². The highest BCUT2D eigenvalue weighted by atomic mass is 16.5. The standard InChI is InChI=1S/C30H33N5O3/c1-5-35(6-2)20-29(36)31-23-11-13-24(14-12-23)32-30-33-27(21-7-15-25(37-3)16-8-21)19-28(34-30)22-9-17-26(38-4)18-10-22/h7-19H,5-6,20H2,1-4H3,(H,31,36)(H,32,33,34). The second kappa shape index (κ2) is 12.7. The van der Waals surface area contributed by atoms with Gasteiger partial charge in [-0.25, -0.2) is 9.97 Å². The van der Waals surface area contributed by atoms with Gasteiger partial charge in [0, 0.05) is 22.5 Å². The number of ether oxygens (including phenoxy) is 2. The van der Waals surface area contributed by atoms with Gasteiger partial charge in [-0.1, -0.05) is 13.8 Å². The van der Waals surface area contributed by atoms with Crippen molar-refractivity contribution in [2.24, 2.45) is 0 Å². The molecule has 4 aromatic rings. The van der Waals surface area contributed by atoms with Crippen LogP contribution in [0.25, 0.3) is 22.5 Å². The fourth-order valence-electron chi connectivity index (χ4n) is 3.94. The Hall–Kier alpha value is -4.43. The third kappa shape index (κ3) is 6.86. The molecule has 196 valence electrons. The van der Waals surface area contributed by atoms with Crippen LogP contribution in [0.4, 0.5) is 17.3 Å². The van der Waals surface area contributed by atoms with E-state index < -0.39 is 0 Å². The molecule has 0 aliphatic heterocycles. The van der Waals surface area contributed by atoms with Crippen molar-refractivity contribution in [1.82, 2.24) is 14.9 Å². The van der Waals surface area contributed by atoms with Gasteiger partial charge in [-0.05, 0) is 92.0 Å². The van der Waals surface area contributed by atoms with Gasteiger partial charge < -0.3 is 20.1 Å². The minimum absolute atomic E-state index is 0.0333. The third-order valence-corrected chi connectivity index (χ3v) is 6.18. The summed E-state index contributed by atoms with van der Waals surface area (Å²) < 4.78 is 10.6. The quantitative estimate of drug-likeness (QED) is 0.261. The van der Waals surface area contributed by atoms with Gasteiger partial charge >= 0.3 is 0 Å². The van der Waals surface area contributed by atoms with Crippen LogP contribution in [-0.2, 0) is 4.79 Å². The Morgan fingerprint density at radius 3 is 1.66 bits per heavy atom. The average Bonchev–Trinajstić information content (AvgIpc) is 2.97. The Labute approximate surface area is 223 Å². The zero-order chi connectivity index (χ0) is 26.9. The summed E-state index contributed by atoms with van der Waals surface area (Å²) in [7, 11) is 3.29. The molecule has 38 heavy (non-hydrogen) atoms. The molecule has 1 aromatic heterocycles. The van der Waals surface area contributed by atoms with Crippen LogP contribution < -0.4 is 20.1 Å². The van der Waals surface area contributed by atoms with E-state index in [4.69, 9.17) is 19.4 Å². The number of nitrogens with one attached hydrogen (secondary N) is 2. The maximum Gasteiger partial charge on any atom is 0.238 e. The predicted octanol–water partition coefficient (Wildman–Crippen LogP) is 5.85. The first kappa shape index (κ1) is 26.6. The molecule has 0 fully saturated rings. The molecule has 1 amide bonds. The summed E-state index contributed by atoms with van der Waals surface area (Å²) in [5.41, 5.74) is 4.97. The maximum atomic E-state index is 12.3. The van der Waals surface area contributed by atoms with Gasteiger partial charge in [0.1, 0.15) is 11.5 Å². The van der Waals surface area contributed by atoms with Crippen molar-refractivity contribution in [1.29, 1.82) is 0 Å². The van der Waals surface area contributed by atoms with Crippen molar-refractivity contribution in [3.8, 4) is 34.0 Å². The van der Waals surface area contributed by atoms with Crippen LogP contribution in [0.1, 0.15) is 13.8 Å². The van der Waals surface area contributed by atoms with E-state index in [-0.39, 0.29) is 5.91 Å². The van der Waals surface area contributed by atoms with Gasteiger partial charge in [0.25, 0.3) is 0 Å². The van der Waals surface area contributed by atoms with Gasteiger partial charge in [-0.2, -0.15) is 0 Å². The largest absolute Gasteiger partial charge is 0.497 e. The van der Waals surface area contributed by atoms with Crippen LogP contribution in [0.2, 0.25) is 0 Å². The Balaban J connectivity index is 1.58. The van der Waals surface area contributed by atoms with Gasteiger partial charge in [-0.3, -0.25) is 9.69 Å². The van der Waals surface area contributed by atoms with Crippen molar-refractivity contribution in [3.63, 3.8) is 0 Å². The highest BCUT2D eigenvalue weighted by molar-refractivity contribution is 5.92. The maximum absolute atomic E-state index is 12.3. The average molecular weight is 512 g/mol. The molecule has 4 rings (SSSR count). The molecule has 0 saturated carbocycles. The van der Waals surface area contributed by atoms with E-state index in [2.05, 4.69) is 15.5 Å². The van der Waals surface area contributed by atoms with E-state index >= 15 is 0 Å². The van der Waals surface area contributed by atoms with Crippen LogP contribution in [0.5, 0.6) is 11.5 Å². The highest BCUT2D eigenvalue weighted by Gasteiger charge is 2.11. The predicted molar refractivity (Wildman–Crippen MR) is 152 cm³/mol. The number of anilines is 3. The number of aromatic nitrogens is 2. The van der Waals surface area contributed by atoms with Crippen LogP contribution in [0.3, 0.4) is 0 Å². The second-order valence-corrected chi connectivity index (χ2v) is 8.63. The van der Waals surface area contributed by atoms with Crippen molar-refractivity contribution in [2.75, 3.05) is 44.5 Å². The number of hydrogen-bond donors (Lipinski definition) is 2. The van der Waals surface area contributed by atoms with Crippen LogP contribution >= 0.6 is 0 Å². The summed E-state index contributed by atoms with van der Waals surface area (Å²) in [6, 6.07) is 25.0. The minimum atomic E-state index is -0.0333. The number of carbonyl (C=O) groups is 1. The molecule has 0 unspecified atom stereocenters. The summed E-state index contributed by atoms with van der Waals surface area (Å²) in [5.74, 6) is 1.98. The van der Waals surface area contributed by atoms with E-state index in [1.165, 1.54) is 0 Å². The third-order valence-electron chi connectivity index (χ3n) is 6.18. The van der Waals surface area contributed by atoms with E-state index in [1.54, 1.807) is 14.2 Å². The fourth-order valence-corrected chi connectivity index (χ4v) is 3.94. The molecule has 8 heteroatoms. The van der Waals surface area contributed by atoms with Crippen molar-refractivity contribution >= 4 is 23.2 Å². The molecule has 8 nitrogen and oxygen atoms in total. The number of carbonyl (C=O) groups excluding carboxylic acids is 1. The zero-order valence-electron chi connectivity index (χ0n) is 22.2.